The predicted octanol–water partition coefficient (Wildman–Crippen LogP) is 0.695. The quantitative estimate of drug-likeness (QED) is 0.442. The van der Waals surface area contributed by atoms with Gasteiger partial charge in [0.2, 0.25) is 0 Å². The van der Waals surface area contributed by atoms with Gasteiger partial charge in [-0.15, -0.1) is 11.6 Å². The van der Waals surface area contributed by atoms with Crippen LogP contribution in [0, 0.1) is 0 Å². The molecule has 0 fully saturated rings. The van der Waals surface area contributed by atoms with Crippen LogP contribution in [0.2, 0.25) is 0 Å². The van der Waals surface area contributed by atoms with E-state index < -0.39 is 17.8 Å². The van der Waals surface area contributed by atoms with Gasteiger partial charge in [-0.3, -0.25) is 0 Å². The van der Waals surface area contributed by atoms with Crippen LogP contribution >= 0.6 is 11.6 Å². The molecule has 0 aliphatic carbocycles. The maximum Gasteiger partial charge on any atom is 0.354 e. The fourth-order valence-corrected chi connectivity index (χ4v) is 0.420. The van der Waals surface area contributed by atoms with Crippen molar-refractivity contribution in [3.63, 3.8) is 0 Å². The van der Waals surface area contributed by atoms with Crippen LogP contribution in [0.4, 0.5) is 8.78 Å². The molecule has 0 rings (SSSR count). The molecule has 2 radical (unpaired) electrons. The Kier molecular flexibility index (Phi) is 2.70. The standard InChI is InChI=1S/C3H4BClF2O/c4-2(5)1-3(6,7)8/h2,8H,1H2. The zero-order valence-corrected chi connectivity index (χ0v) is 4.70. The van der Waals surface area contributed by atoms with Crippen molar-refractivity contribution in [1.29, 1.82) is 0 Å². The van der Waals surface area contributed by atoms with Crippen molar-refractivity contribution in [2.75, 3.05) is 0 Å². The van der Waals surface area contributed by atoms with Gasteiger partial charge in [0.25, 0.3) is 0 Å². The number of halogens is 3. The lowest BCUT2D eigenvalue weighted by atomic mass is 10.0. The molecule has 0 bridgehead atoms. The number of alkyl halides is 3. The van der Waals surface area contributed by atoms with Gasteiger partial charge in [-0.05, 0) is 0 Å². The smallest absolute Gasteiger partial charge is 0.336 e. The van der Waals surface area contributed by atoms with Gasteiger partial charge >= 0.3 is 6.11 Å². The highest BCUT2D eigenvalue weighted by Gasteiger charge is 2.25. The lowest BCUT2D eigenvalue weighted by Crippen LogP contribution is -2.19. The summed E-state index contributed by atoms with van der Waals surface area (Å²) in [5.74, 6) is 0. The normalized spacial score (nSPS) is 16.0. The van der Waals surface area contributed by atoms with Crippen LogP contribution in [-0.2, 0) is 0 Å². The molecule has 0 aromatic rings. The molecule has 0 aliphatic rings. The zero-order valence-electron chi connectivity index (χ0n) is 3.94. The molecule has 1 N–H and O–H groups in total. The zero-order chi connectivity index (χ0) is 6.78. The number of aliphatic hydroxyl groups is 1. The van der Waals surface area contributed by atoms with E-state index in [0.29, 0.717) is 0 Å². The van der Waals surface area contributed by atoms with Crippen molar-refractivity contribution < 1.29 is 13.9 Å². The van der Waals surface area contributed by atoms with Crippen LogP contribution in [0.25, 0.3) is 0 Å². The first-order valence-electron chi connectivity index (χ1n) is 1.91. The number of hydrogen-bond acceptors (Lipinski definition) is 1. The summed E-state index contributed by atoms with van der Waals surface area (Å²) in [7, 11) is 4.70. The monoisotopic (exact) mass is 140 g/mol. The molecule has 8 heavy (non-hydrogen) atoms. The molecule has 0 amide bonds. The molecule has 0 saturated heterocycles. The van der Waals surface area contributed by atoms with Gasteiger partial charge in [0.05, 0.1) is 7.85 Å². The molecule has 0 aromatic heterocycles. The first kappa shape index (κ1) is 8.17. The lowest BCUT2D eigenvalue weighted by Gasteiger charge is -2.08. The molecule has 1 atom stereocenters. The average molecular weight is 140 g/mol. The van der Waals surface area contributed by atoms with Crippen LogP contribution in [-0.4, -0.2) is 24.3 Å². The molecule has 0 heterocycles. The second-order valence-corrected chi connectivity index (χ2v) is 1.95. The van der Waals surface area contributed by atoms with E-state index in [1.54, 1.807) is 0 Å². The van der Waals surface area contributed by atoms with Gasteiger partial charge in [0.1, 0.15) is 0 Å². The second kappa shape index (κ2) is 2.64. The average Bonchev–Trinajstić information content (AvgIpc) is 1.21. The molecule has 0 aliphatic heterocycles. The summed E-state index contributed by atoms with van der Waals surface area (Å²) in [6, 6.07) is 0. The van der Waals surface area contributed by atoms with E-state index in [2.05, 4.69) is 0 Å². The summed E-state index contributed by atoms with van der Waals surface area (Å²) in [6.07, 6.45) is -4.64. The summed E-state index contributed by atoms with van der Waals surface area (Å²) < 4.78 is 22.7. The van der Waals surface area contributed by atoms with Crippen molar-refractivity contribution in [2.45, 2.75) is 17.8 Å². The van der Waals surface area contributed by atoms with Crippen molar-refractivity contribution in [1.82, 2.24) is 0 Å². The maximum absolute atomic E-state index is 11.4. The summed E-state index contributed by atoms with van der Waals surface area (Å²) >= 11 is 4.90. The third kappa shape index (κ3) is 6.17. The van der Waals surface area contributed by atoms with E-state index in [0.717, 1.165) is 0 Å². The minimum absolute atomic E-state index is 0.908. The molecule has 1 nitrogen and oxygen atoms in total. The molecule has 0 spiro atoms. The highest BCUT2D eigenvalue weighted by Crippen LogP contribution is 2.16. The van der Waals surface area contributed by atoms with Crippen LogP contribution < -0.4 is 0 Å². The molecular weight excluding hydrogens is 136 g/mol. The maximum atomic E-state index is 11.4. The first-order chi connectivity index (χ1) is 3.42. The Morgan fingerprint density at radius 1 is 1.75 bits per heavy atom. The van der Waals surface area contributed by atoms with Crippen molar-refractivity contribution in [3.05, 3.63) is 0 Å². The molecule has 5 heteroatoms. The van der Waals surface area contributed by atoms with Crippen molar-refractivity contribution >= 4 is 19.4 Å². The third-order valence-corrected chi connectivity index (χ3v) is 0.595. The fraction of sp³-hybridized carbons (Fsp3) is 1.00. The predicted molar refractivity (Wildman–Crippen MR) is 27.2 cm³/mol. The Morgan fingerprint density at radius 2 is 2.12 bits per heavy atom. The van der Waals surface area contributed by atoms with Gasteiger partial charge in [0.15, 0.2) is 0 Å². The molecule has 46 valence electrons. The minimum atomic E-state index is -3.73. The first-order valence-corrected chi connectivity index (χ1v) is 2.35. The molecule has 0 aromatic carbocycles. The fourth-order valence-electron chi connectivity index (χ4n) is 0.235. The summed E-state index contributed by atoms with van der Waals surface area (Å²) in [6.45, 7) is 0. The minimum Gasteiger partial charge on any atom is -0.336 e. The Morgan fingerprint density at radius 3 is 2.12 bits per heavy atom. The van der Waals surface area contributed by atoms with E-state index in [9.17, 15) is 8.78 Å². The van der Waals surface area contributed by atoms with Crippen LogP contribution in [0.5, 0.6) is 0 Å². The Hall–Kier alpha value is 0.175. The highest BCUT2D eigenvalue weighted by molar-refractivity contribution is 6.40. The van der Waals surface area contributed by atoms with Crippen molar-refractivity contribution in [3.8, 4) is 0 Å². The van der Waals surface area contributed by atoms with Gasteiger partial charge in [-0.2, -0.15) is 8.78 Å². The second-order valence-electron chi connectivity index (χ2n) is 1.39. The highest BCUT2D eigenvalue weighted by atomic mass is 35.5. The van der Waals surface area contributed by atoms with E-state index >= 15 is 0 Å². The Bertz CT molecular complexity index is 72.2. The molecule has 0 saturated carbocycles. The van der Waals surface area contributed by atoms with Gasteiger partial charge in [-0.1, -0.05) is 0 Å². The summed E-state index contributed by atoms with van der Waals surface area (Å²) in [4.78, 5) is 0. The number of rotatable bonds is 2. The van der Waals surface area contributed by atoms with Crippen LogP contribution in [0.3, 0.4) is 0 Å². The Balaban J connectivity index is 3.39. The van der Waals surface area contributed by atoms with Gasteiger partial charge in [-0.25, -0.2) is 0 Å². The topological polar surface area (TPSA) is 20.2 Å². The largest absolute Gasteiger partial charge is 0.354 e. The van der Waals surface area contributed by atoms with E-state index in [1.807, 2.05) is 0 Å². The Labute approximate surface area is 52.0 Å². The molecule has 1 unspecified atom stereocenters. The summed E-state index contributed by atoms with van der Waals surface area (Å²) in [5.41, 5.74) is 0. The van der Waals surface area contributed by atoms with Gasteiger partial charge in [0, 0.05) is 11.7 Å². The summed E-state index contributed by atoms with van der Waals surface area (Å²) in [5, 5.41) is 6.51. The third-order valence-electron chi connectivity index (χ3n) is 0.441. The number of hydrogen-bond donors (Lipinski definition) is 1. The SMILES string of the molecule is [B]C(Cl)CC(O)(F)F. The van der Waals surface area contributed by atoms with Crippen molar-refractivity contribution in [2.24, 2.45) is 0 Å². The van der Waals surface area contributed by atoms with E-state index in [4.69, 9.17) is 24.6 Å². The molecular formula is C3H4BClF2O. The van der Waals surface area contributed by atoms with E-state index in [-0.39, 0.29) is 0 Å². The van der Waals surface area contributed by atoms with E-state index in [1.165, 1.54) is 0 Å². The lowest BCUT2D eigenvalue weighted by molar-refractivity contribution is -0.200. The van der Waals surface area contributed by atoms with Crippen LogP contribution in [0.1, 0.15) is 6.42 Å². The van der Waals surface area contributed by atoms with Crippen LogP contribution in [0.15, 0.2) is 0 Å². The van der Waals surface area contributed by atoms with Gasteiger partial charge < -0.3 is 5.11 Å².